The highest BCUT2D eigenvalue weighted by atomic mass is 16.5. The summed E-state index contributed by atoms with van der Waals surface area (Å²) in [6.07, 6.45) is 14.1. The second kappa shape index (κ2) is 7.93. The average Bonchev–Trinajstić information content (AvgIpc) is 3.04. The second-order valence-electron chi connectivity index (χ2n) is 12.0. The van der Waals surface area contributed by atoms with E-state index in [2.05, 4.69) is 20.8 Å². The first-order chi connectivity index (χ1) is 13.8. The van der Waals surface area contributed by atoms with Gasteiger partial charge in [-0.2, -0.15) is 0 Å². The summed E-state index contributed by atoms with van der Waals surface area (Å²) in [5.41, 5.74) is 0.297. The van der Waals surface area contributed by atoms with Crippen molar-refractivity contribution in [1.29, 1.82) is 0 Å². The fourth-order valence-electron chi connectivity index (χ4n) is 9.23. The van der Waals surface area contributed by atoms with Gasteiger partial charge in [0.05, 0.1) is 12.2 Å². The number of carbonyl (C=O) groups is 1. The number of hydrogen-bond acceptors (Lipinski definition) is 3. The van der Waals surface area contributed by atoms with E-state index >= 15 is 0 Å². The van der Waals surface area contributed by atoms with Crippen molar-refractivity contribution >= 4 is 6.29 Å². The molecule has 0 radical (unpaired) electrons. The summed E-state index contributed by atoms with van der Waals surface area (Å²) in [5, 5.41) is 11.0. The zero-order valence-electron chi connectivity index (χ0n) is 19.3. The zero-order valence-corrected chi connectivity index (χ0v) is 19.3. The van der Waals surface area contributed by atoms with Crippen LogP contribution in [-0.2, 0) is 9.53 Å². The van der Waals surface area contributed by atoms with Gasteiger partial charge in [-0.15, -0.1) is 0 Å². The van der Waals surface area contributed by atoms with Crippen LogP contribution in [0.25, 0.3) is 0 Å². The van der Waals surface area contributed by atoms with Gasteiger partial charge in [-0.3, -0.25) is 0 Å². The van der Waals surface area contributed by atoms with Crippen molar-refractivity contribution in [3.63, 3.8) is 0 Å². The van der Waals surface area contributed by atoms with Crippen LogP contribution in [0, 0.1) is 46.3 Å². The number of aliphatic hydroxyl groups is 1. The smallest absolute Gasteiger partial charge is 0.120 e. The summed E-state index contributed by atoms with van der Waals surface area (Å²) in [6, 6.07) is 0. The van der Waals surface area contributed by atoms with Crippen LogP contribution < -0.4 is 0 Å². The molecule has 4 aliphatic rings. The van der Waals surface area contributed by atoms with Gasteiger partial charge in [-0.05, 0) is 111 Å². The van der Waals surface area contributed by atoms with E-state index in [-0.39, 0.29) is 0 Å². The molecule has 9 atom stereocenters. The minimum Gasteiger partial charge on any atom is -0.387 e. The lowest BCUT2D eigenvalue weighted by atomic mass is 9.43. The summed E-state index contributed by atoms with van der Waals surface area (Å²) >= 11 is 0. The lowest BCUT2D eigenvalue weighted by molar-refractivity contribution is -0.163. The van der Waals surface area contributed by atoms with Crippen LogP contribution in [0.3, 0.4) is 0 Å². The topological polar surface area (TPSA) is 46.5 Å². The third kappa shape index (κ3) is 3.53. The molecule has 0 aromatic carbocycles. The van der Waals surface area contributed by atoms with Crippen molar-refractivity contribution in [2.75, 3.05) is 13.7 Å². The van der Waals surface area contributed by atoms with E-state index in [0.717, 1.165) is 55.6 Å². The van der Waals surface area contributed by atoms with Crippen LogP contribution in [0.1, 0.15) is 91.4 Å². The first-order valence-corrected chi connectivity index (χ1v) is 12.4. The number of methoxy groups -OCH3 is 1. The van der Waals surface area contributed by atoms with Crippen molar-refractivity contribution in [3.05, 3.63) is 0 Å². The maximum absolute atomic E-state index is 11.0. The quantitative estimate of drug-likeness (QED) is 0.583. The molecule has 4 rings (SSSR count). The maximum Gasteiger partial charge on any atom is 0.120 e. The Hall–Kier alpha value is -0.410. The van der Waals surface area contributed by atoms with Crippen molar-refractivity contribution < 1.29 is 14.6 Å². The van der Waals surface area contributed by atoms with E-state index in [1.807, 2.05) is 0 Å². The van der Waals surface area contributed by atoms with E-state index in [4.69, 9.17) is 4.74 Å². The molecular formula is C26H44O3. The van der Waals surface area contributed by atoms with Gasteiger partial charge in [0.25, 0.3) is 0 Å². The van der Waals surface area contributed by atoms with Crippen LogP contribution in [0.4, 0.5) is 0 Å². The highest BCUT2D eigenvalue weighted by Crippen LogP contribution is 2.68. The fraction of sp³-hybridized carbons (Fsp3) is 0.962. The van der Waals surface area contributed by atoms with Crippen LogP contribution >= 0.6 is 0 Å². The van der Waals surface area contributed by atoms with Gasteiger partial charge in [0.15, 0.2) is 0 Å². The van der Waals surface area contributed by atoms with E-state index < -0.39 is 5.60 Å². The molecule has 3 heteroatoms. The van der Waals surface area contributed by atoms with Gasteiger partial charge >= 0.3 is 0 Å². The minimum atomic E-state index is -0.596. The van der Waals surface area contributed by atoms with Crippen LogP contribution in [0.5, 0.6) is 0 Å². The lowest BCUT2D eigenvalue weighted by Crippen LogP contribution is -2.56. The van der Waals surface area contributed by atoms with Gasteiger partial charge in [-0.25, -0.2) is 0 Å². The van der Waals surface area contributed by atoms with Crippen molar-refractivity contribution in [1.82, 2.24) is 0 Å². The predicted molar refractivity (Wildman–Crippen MR) is 117 cm³/mol. The highest BCUT2D eigenvalue weighted by Gasteiger charge is 2.61. The van der Waals surface area contributed by atoms with E-state index in [9.17, 15) is 9.90 Å². The van der Waals surface area contributed by atoms with Crippen molar-refractivity contribution in [2.45, 2.75) is 97.0 Å². The Morgan fingerprint density at radius 2 is 1.79 bits per heavy atom. The number of hydrogen-bond donors (Lipinski definition) is 1. The lowest BCUT2D eigenvalue weighted by Gasteiger charge is -2.62. The summed E-state index contributed by atoms with van der Waals surface area (Å²) < 4.78 is 5.36. The minimum absolute atomic E-state index is 0.408. The van der Waals surface area contributed by atoms with Crippen LogP contribution in [-0.4, -0.2) is 30.7 Å². The Labute approximate surface area is 178 Å². The monoisotopic (exact) mass is 404 g/mol. The molecule has 0 amide bonds. The standard InChI is InChI=1S/C26H44O3/c1-18(6-5-15-27)21-9-10-22-20-8-7-19-16-26(28,17-29-4)14-13-24(19,2)23(20)11-12-25(21,22)3/h15,18-23,28H,5-14,16-17H2,1-4H3/t18-,19+,20+,21-,22+,23+,24+,25-,26+/m1/s1. The molecule has 0 bridgehead atoms. The molecule has 0 aliphatic heterocycles. The third-order valence-corrected chi connectivity index (χ3v) is 10.7. The van der Waals surface area contributed by atoms with E-state index in [1.54, 1.807) is 7.11 Å². The van der Waals surface area contributed by atoms with Crippen molar-refractivity contribution in [3.8, 4) is 0 Å². The summed E-state index contributed by atoms with van der Waals surface area (Å²) in [4.78, 5) is 10.9. The number of rotatable bonds is 6. The molecule has 0 saturated heterocycles. The van der Waals surface area contributed by atoms with Crippen LogP contribution in [0.2, 0.25) is 0 Å². The van der Waals surface area contributed by atoms with Gasteiger partial charge in [-0.1, -0.05) is 20.8 Å². The molecule has 0 unspecified atom stereocenters. The maximum atomic E-state index is 11.0. The van der Waals surface area contributed by atoms with E-state index in [1.165, 1.54) is 44.9 Å². The Kier molecular flexibility index (Phi) is 5.97. The fourth-order valence-corrected chi connectivity index (χ4v) is 9.23. The molecule has 4 aliphatic carbocycles. The largest absolute Gasteiger partial charge is 0.387 e. The number of carbonyl (C=O) groups excluding carboxylic acids is 1. The summed E-state index contributed by atoms with van der Waals surface area (Å²) in [7, 11) is 1.72. The molecule has 29 heavy (non-hydrogen) atoms. The summed E-state index contributed by atoms with van der Waals surface area (Å²) in [5.74, 6) is 4.74. The predicted octanol–water partition coefficient (Wildman–Crippen LogP) is 5.64. The SMILES string of the molecule is COC[C@]1(O)CC[C@@]2(C)[C@@H](CC[C@@H]3[C@@H]2CC[C@]2(C)[C@@H]([C@H](C)CCC=O)CC[C@@H]32)C1. The third-order valence-electron chi connectivity index (χ3n) is 10.7. The van der Waals surface area contributed by atoms with E-state index in [0.29, 0.717) is 29.3 Å². The molecule has 1 N–H and O–H groups in total. The van der Waals surface area contributed by atoms with Gasteiger partial charge in [0, 0.05) is 13.5 Å². The molecule has 3 nitrogen and oxygen atoms in total. The first-order valence-electron chi connectivity index (χ1n) is 12.4. The number of fused-ring (bicyclic) bond motifs is 5. The first kappa shape index (κ1) is 21.8. The van der Waals surface area contributed by atoms with Crippen molar-refractivity contribution in [2.24, 2.45) is 46.3 Å². The van der Waals surface area contributed by atoms with Gasteiger partial charge in [0.2, 0.25) is 0 Å². The Balaban J connectivity index is 1.51. The van der Waals surface area contributed by atoms with Gasteiger partial charge < -0.3 is 14.6 Å². The molecule has 0 heterocycles. The van der Waals surface area contributed by atoms with Gasteiger partial charge in [0.1, 0.15) is 6.29 Å². The molecular weight excluding hydrogens is 360 g/mol. The molecule has 4 saturated carbocycles. The normalized spacial score (nSPS) is 50.3. The Bertz CT molecular complexity index is 605. The average molecular weight is 405 g/mol. The van der Waals surface area contributed by atoms with Crippen LogP contribution in [0.15, 0.2) is 0 Å². The number of aldehydes is 1. The molecule has 0 aromatic rings. The zero-order chi connectivity index (χ0) is 20.9. The molecule has 166 valence electrons. The molecule has 0 spiro atoms. The summed E-state index contributed by atoms with van der Waals surface area (Å²) in [6.45, 7) is 8.08. The Morgan fingerprint density at radius 3 is 2.52 bits per heavy atom. The molecule has 4 fully saturated rings. The number of ether oxygens (including phenoxy) is 1. The highest BCUT2D eigenvalue weighted by molar-refractivity contribution is 5.49. The Morgan fingerprint density at radius 1 is 1.03 bits per heavy atom. The second-order valence-corrected chi connectivity index (χ2v) is 12.0. The molecule has 0 aromatic heterocycles.